The fourth-order valence-electron chi connectivity index (χ4n) is 3.52. The van der Waals surface area contributed by atoms with Crippen molar-refractivity contribution in [1.82, 2.24) is 25.6 Å². The molecule has 3 rings (SSSR count). The highest BCUT2D eigenvalue weighted by Gasteiger charge is 2.24. The van der Waals surface area contributed by atoms with Gasteiger partial charge in [-0.2, -0.15) is 5.10 Å². The Hall–Kier alpha value is -3.95. The van der Waals surface area contributed by atoms with Gasteiger partial charge in [0.15, 0.2) is 5.69 Å². The molecule has 2 aromatic heterocycles. The van der Waals surface area contributed by atoms with Crippen LogP contribution in [0, 0.1) is 13.8 Å². The number of nitrogens with one attached hydrogen (secondary N) is 3. The van der Waals surface area contributed by atoms with Crippen LogP contribution in [-0.2, 0) is 4.74 Å². The summed E-state index contributed by atoms with van der Waals surface area (Å²) in [5.74, 6) is -1.87. The standard InChI is InChI=1S/C23H27N5O5/c1-11(2)28-22(31)16-10-8-7-9-15(16)19(27-28)21(30)26-25-20(29)18-13(5)17(14(6)24-18)23(32)33-12(3)4/h7-12,24H,1-6H3,(H,25,29)(H,26,30). The fraction of sp³-hybridized carbons (Fsp3) is 0.348. The van der Waals surface area contributed by atoms with Gasteiger partial charge >= 0.3 is 5.97 Å². The molecule has 174 valence electrons. The zero-order valence-corrected chi connectivity index (χ0v) is 19.4. The van der Waals surface area contributed by atoms with Crippen molar-refractivity contribution in [2.75, 3.05) is 0 Å². The Morgan fingerprint density at radius 2 is 1.61 bits per heavy atom. The molecule has 0 spiro atoms. The molecule has 1 aromatic carbocycles. The molecule has 0 saturated heterocycles. The predicted octanol–water partition coefficient (Wildman–Crippen LogP) is 2.56. The van der Waals surface area contributed by atoms with Crippen LogP contribution in [0.4, 0.5) is 0 Å². The first-order chi connectivity index (χ1) is 15.5. The summed E-state index contributed by atoms with van der Waals surface area (Å²) < 4.78 is 6.46. The number of benzene rings is 1. The number of fused-ring (bicyclic) bond motifs is 1. The molecule has 10 heteroatoms. The molecule has 0 fully saturated rings. The molecule has 0 saturated carbocycles. The summed E-state index contributed by atoms with van der Waals surface area (Å²) >= 11 is 0. The van der Waals surface area contributed by atoms with Crippen molar-refractivity contribution in [1.29, 1.82) is 0 Å². The maximum absolute atomic E-state index is 12.9. The molecule has 0 bridgehead atoms. The first-order valence-electron chi connectivity index (χ1n) is 10.5. The minimum Gasteiger partial charge on any atom is -0.459 e. The third-order valence-electron chi connectivity index (χ3n) is 5.03. The van der Waals surface area contributed by atoms with Crippen molar-refractivity contribution in [3.05, 3.63) is 62.8 Å². The number of aryl methyl sites for hydroxylation is 1. The van der Waals surface area contributed by atoms with Crippen molar-refractivity contribution in [3.63, 3.8) is 0 Å². The van der Waals surface area contributed by atoms with E-state index < -0.39 is 17.8 Å². The number of carbonyl (C=O) groups excluding carboxylic acids is 3. The van der Waals surface area contributed by atoms with Crippen molar-refractivity contribution in [2.24, 2.45) is 0 Å². The average Bonchev–Trinajstić information content (AvgIpc) is 3.05. The van der Waals surface area contributed by atoms with Gasteiger partial charge in [0.25, 0.3) is 17.4 Å². The number of hydrazine groups is 1. The van der Waals surface area contributed by atoms with Gasteiger partial charge < -0.3 is 9.72 Å². The van der Waals surface area contributed by atoms with Gasteiger partial charge in [0, 0.05) is 11.1 Å². The van der Waals surface area contributed by atoms with Gasteiger partial charge in [0.05, 0.1) is 23.1 Å². The van der Waals surface area contributed by atoms with Crippen LogP contribution in [0.15, 0.2) is 29.1 Å². The quantitative estimate of drug-likeness (QED) is 0.401. The summed E-state index contributed by atoms with van der Waals surface area (Å²) in [5.41, 5.74) is 5.65. The van der Waals surface area contributed by atoms with E-state index in [0.29, 0.717) is 22.0 Å². The van der Waals surface area contributed by atoms with E-state index in [4.69, 9.17) is 4.74 Å². The number of rotatable bonds is 5. The second-order valence-electron chi connectivity index (χ2n) is 8.22. The molecule has 10 nitrogen and oxygen atoms in total. The molecule has 0 atom stereocenters. The molecule has 33 heavy (non-hydrogen) atoms. The highest BCUT2D eigenvalue weighted by molar-refractivity contribution is 6.06. The molecule has 0 aliphatic heterocycles. The maximum Gasteiger partial charge on any atom is 0.340 e. The molecule has 2 heterocycles. The van der Waals surface area contributed by atoms with Crippen molar-refractivity contribution < 1.29 is 19.1 Å². The Morgan fingerprint density at radius 1 is 1.00 bits per heavy atom. The van der Waals surface area contributed by atoms with E-state index in [2.05, 4.69) is 20.9 Å². The molecule has 0 unspecified atom stereocenters. The van der Waals surface area contributed by atoms with Crippen molar-refractivity contribution >= 4 is 28.6 Å². The topological polar surface area (TPSA) is 135 Å². The monoisotopic (exact) mass is 453 g/mol. The van der Waals surface area contributed by atoms with Gasteiger partial charge in [-0.15, -0.1) is 0 Å². The molecule has 0 aliphatic carbocycles. The van der Waals surface area contributed by atoms with Gasteiger partial charge in [-0.1, -0.05) is 18.2 Å². The molecule has 3 N–H and O–H groups in total. The third kappa shape index (κ3) is 4.64. The lowest BCUT2D eigenvalue weighted by Gasteiger charge is -2.13. The third-order valence-corrected chi connectivity index (χ3v) is 5.03. The van der Waals surface area contributed by atoms with Crippen molar-refractivity contribution in [3.8, 4) is 0 Å². The Kier molecular flexibility index (Phi) is 6.66. The highest BCUT2D eigenvalue weighted by atomic mass is 16.5. The minimum absolute atomic E-state index is 0.000196. The van der Waals surface area contributed by atoms with E-state index in [9.17, 15) is 19.2 Å². The number of carbonyl (C=O) groups is 3. The summed E-state index contributed by atoms with van der Waals surface area (Å²) in [6.07, 6.45) is -0.306. The summed E-state index contributed by atoms with van der Waals surface area (Å²) in [5, 5.41) is 4.93. The number of aromatic nitrogens is 3. The van der Waals surface area contributed by atoms with E-state index in [-0.39, 0.29) is 34.7 Å². The Bertz CT molecular complexity index is 1300. The molecular weight excluding hydrogens is 426 g/mol. The largest absolute Gasteiger partial charge is 0.459 e. The normalized spacial score (nSPS) is 11.2. The number of hydrogen-bond acceptors (Lipinski definition) is 6. The Labute approximate surface area is 190 Å². The summed E-state index contributed by atoms with van der Waals surface area (Å²) in [4.78, 5) is 53.5. The van der Waals surface area contributed by atoms with Gasteiger partial charge in [-0.3, -0.25) is 25.2 Å². The number of esters is 1. The molecule has 3 aromatic rings. The summed E-state index contributed by atoms with van der Waals surface area (Å²) in [7, 11) is 0. The number of aromatic amines is 1. The predicted molar refractivity (Wildman–Crippen MR) is 122 cm³/mol. The van der Waals surface area contributed by atoms with Crippen LogP contribution in [-0.4, -0.2) is 38.7 Å². The zero-order valence-electron chi connectivity index (χ0n) is 19.4. The number of nitrogens with zero attached hydrogens (tertiary/aromatic N) is 2. The Morgan fingerprint density at radius 3 is 2.21 bits per heavy atom. The van der Waals surface area contributed by atoms with Gasteiger partial charge in [-0.05, 0) is 53.2 Å². The molecule has 0 radical (unpaired) electrons. The van der Waals surface area contributed by atoms with Crippen LogP contribution < -0.4 is 16.4 Å². The lowest BCUT2D eigenvalue weighted by Crippen LogP contribution is -2.43. The minimum atomic E-state index is -0.686. The summed E-state index contributed by atoms with van der Waals surface area (Å²) in [6.45, 7) is 10.3. The average molecular weight is 453 g/mol. The van der Waals surface area contributed by atoms with Crippen LogP contribution in [0.3, 0.4) is 0 Å². The second kappa shape index (κ2) is 9.27. The number of amides is 2. The number of ether oxygens (including phenoxy) is 1. The van der Waals surface area contributed by atoms with Crippen LogP contribution in [0.1, 0.15) is 76.3 Å². The van der Waals surface area contributed by atoms with Crippen LogP contribution in [0.25, 0.3) is 10.8 Å². The number of H-pyrrole nitrogens is 1. The lowest BCUT2D eigenvalue weighted by atomic mass is 10.1. The van der Waals surface area contributed by atoms with Crippen LogP contribution >= 0.6 is 0 Å². The number of hydrogen-bond donors (Lipinski definition) is 3. The zero-order chi connectivity index (χ0) is 24.4. The smallest absolute Gasteiger partial charge is 0.340 e. The van der Waals surface area contributed by atoms with Gasteiger partial charge in [0.1, 0.15) is 5.69 Å². The molecule has 0 aliphatic rings. The van der Waals surface area contributed by atoms with E-state index in [1.165, 1.54) is 4.68 Å². The van der Waals surface area contributed by atoms with Gasteiger partial charge in [-0.25, -0.2) is 9.48 Å². The maximum atomic E-state index is 12.9. The highest BCUT2D eigenvalue weighted by Crippen LogP contribution is 2.20. The van der Waals surface area contributed by atoms with E-state index >= 15 is 0 Å². The fourth-order valence-corrected chi connectivity index (χ4v) is 3.52. The van der Waals surface area contributed by atoms with Crippen molar-refractivity contribution in [2.45, 2.75) is 53.7 Å². The van der Waals surface area contributed by atoms with E-state index in [1.807, 2.05) is 0 Å². The molecular formula is C23H27N5O5. The lowest BCUT2D eigenvalue weighted by molar-refractivity contribution is 0.0376. The Balaban J connectivity index is 1.86. The second-order valence-corrected chi connectivity index (χ2v) is 8.22. The SMILES string of the molecule is Cc1[nH]c(C(=O)NNC(=O)c2nn(C(C)C)c(=O)c3ccccc23)c(C)c1C(=O)OC(C)C. The summed E-state index contributed by atoms with van der Waals surface area (Å²) in [6, 6.07) is 6.38. The first kappa shape index (κ1) is 23.7. The first-order valence-corrected chi connectivity index (χ1v) is 10.5. The van der Waals surface area contributed by atoms with Crippen LogP contribution in [0.5, 0.6) is 0 Å². The van der Waals surface area contributed by atoms with Crippen LogP contribution in [0.2, 0.25) is 0 Å². The molecule has 2 amide bonds. The van der Waals surface area contributed by atoms with E-state index in [1.54, 1.807) is 65.8 Å². The van der Waals surface area contributed by atoms with Gasteiger partial charge in [0.2, 0.25) is 0 Å². The van der Waals surface area contributed by atoms with E-state index in [0.717, 1.165) is 0 Å².